The van der Waals surface area contributed by atoms with Crippen LogP contribution in [0.25, 0.3) is 0 Å². The van der Waals surface area contributed by atoms with Crippen molar-refractivity contribution < 1.29 is 14.0 Å². The fourth-order valence-electron chi connectivity index (χ4n) is 4.09. The Kier molecular flexibility index (Phi) is 7.25. The Bertz CT molecular complexity index is 661. The van der Waals surface area contributed by atoms with Crippen LogP contribution in [0.15, 0.2) is 24.3 Å². The van der Waals surface area contributed by atoms with Gasteiger partial charge in [0.25, 0.3) is 0 Å². The zero-order valence-corrected chi connectivity index (χ0v) is 16.6. The highest BCUT2D eigenvalue weighted by atomic mass is 19.1. The van der Waals surface area contributed by atoms with Gasteiger partial charge in [0.1, 0.15) is 5.82 Å². The molecule has 1 aliphatic carbocycles. The normalized spacial score (nSPS) is 20.3. The zero-order chi connectivity index (χ0) is 19.9. The minimum Gasteiger partial charge on any atom is -0.370 e. The molecule has 2 fully saturated rings. The molecule has 7 heteroatoms. The van der Waals surface area contributed by atoms with E-state index in [4.69, 9.17) is 0 Å². The molecule has 0 radical (unpaired) electrons. The summed E-state index contributed by atoms with van der Waals surface area (Å²) in [6.45, 7) is 4.97. The monoisotopic (exact) mass is 390 g/mol. The first-order chi connectivity index (χ1) is 13.5. The third-order valence-corrected chi connectivity index (χ3v) is 5.83. The van der Waals surface area contributed by atoms with E-state index in [1.54, 1.807) is 12.1 Å². The van der Waals surface area contributed by atoms with Crippen LogP contribution in [0.4, 0.5) is 14.9 Å². The highest BCUT2D eigenvalue weighted by Crippen LogP contribution is 2.18. The van der Waals surface area contributed by atoms with Crippen LogP contribution in [0.5, 0.6) is 0 Å². The largest absolute Gasteiger partial charge is 0.370 e. The lowest BCUT2D eigenvalue weighted by molar-refractivity contribution is -0.124. The average Bonchev–Trinajstić information content (AvgIpc) is 2.95. The average molecular weight is 391 g/mol. The quantitative estimate of drug-likeness (QED) is 0.830. The molecule has 0 aromatic heterocycles. The first kappa shape index (κ1) is 20.6. The minimum absolute atomic E-state index is 0.180. The van der Waals surface area contributed by atoms with Crippen molar-refractivity contribution in [3.63, 3.8) is 0 Å². The molecular formula is C21H31FN4O2. The van der Waals surface area contributed by atoms with Crippen molar-refractivity contribution in [2.75, 3.05) is 31.1 Å². The number of rotatable bonds is 4. The predicted octanol–water partition coefficient (Wildman–Crippen LogP) is 2.88. The molecule has 0 spiro atoms. The van der Waals surface area contributed by atoms with Crippen LogP contribution in [-0.4, -0.2) is 55.1 Å². The number of nitrogens with one attached hydrogen (secondary N) is 2. The van der Waals surface area contributed by atoms with Gasteiger partial charge in [-0.15, -0.1) is 0 Å². The number of hydrogen-bond acceptors (Lipinski definition) is 4. The molecule has 2 aliphatic rings. The fourth-order valence-corrected chi connectivity index (χ4v) is 4.09. The molecule has 6 nitrogen and oxygen atoms in total. The van der Waals surface area contributed by atoms with E-state index in [0.717, 1.165) is 64.0 Å². The maximum atomic E-state index is 13.1. The summed E-state index contributed by atoms with van der Waals surface area (Å²) in [5, 5.41) is 5.43. The van der Waals surface area contributed by atoms with E-state index in [9.17, 15) is 14.0 Å². The van der Waals surface area contributed by atoms with Crippen LogP contribution in [0.1, 0.15) is 45.4 Å². The second kappa shape index (κ2) is 9.87. The zero-order valence-electron chi connectivity index (χ0n) is 16.6. The second-order valence-corrected chi connectivity index (χ2v) is 7.83. The smallest absolute Gasteiger partial charge is 0.321 e. The Morgan fingerprint density at radius 1 is 1.00 bits per heavy atom. The third kappa shape index (κ3) is 5.67. The minimum atomic E-state index is -0.383. The van der Waals surface area contributed by atoms with Gasteiger partial charge in [-0.25, -0.2) is 9.18 Å². The van der Waals surface area contributed by atoms with Crippen LogP contribution in [0.3, 0.4) is 0 Å². The molecule has 28 heavy (non-hydrogen) atoms. The summed E-state index contributed by atoms with van der Waals surface area (Å²) in [6, 6.07) is 5.95. The molecule has 1 heterocycles. The molecule has 1 aromatic rings. The maximum absolute atomic E-state index is 13.1. The van der Waals surface area contributed by atoms with E-state index in [2.05, 4.69) is 20.4 Å². The topological polar surface area (TPSA) is 64.7 Å². The van der Waals surface area contributed by atoms with Crippen LogP contribution in [0, 0.1) is 5.82 Å². The van der Waals surface area contributed by atoms with Crippen molar-refractivity contribution in [3.05, 3.63) is 30.1 Å². The maximum Gasteiger partial charge on any atom is 0.321 e. The van der Waals surface area contributed by atoms with Crippen LogP contribution in [-0.2, 0) is 4.79 Å². The molecule has 2 N–H and O–H groups in total. The second-order valence-electron chi connectivity index (χ2n) is 7.83. The van der Waals surface area contributed by atoms with E-state index in [-0.39, 0.29) is 29.8 Å². The Morgan fingerprint density at radius 3 is 2.43 bits per heavy atom. The molecule has 1 saturated carbocycles. The van der Waals surface area contributed by atoms with Gasteiger partial charge in [-0.2, -0.15) is 0 Å². The molecule has 0 bridgehead atoms. The summed E-state index contributed by atoms with van der Waals surface area (Å²) in [5.74, 6) is -0.500. The van der Waals surface area contributed by atoms with Gasteiger partial charge in [-0.3, -0.25) is 15.0 Å². The number of halogens is 1. The SMILES string of the molecule is CC(C(=O)NC(=O)NC1CCCCC1)N1CCCN(c2ccc(F)cc2)CC1. The van der Waals surface area contributed by atoms with Crippen molar-refractivity contribution in [1.29, 1.82) is 0 Å². The number of carbonyl (C=O) groups is 2. The molecule has 154 valence electrons. The van der Waals surface area contributed by atoms with Crippen molar-refractivity contribution in [2.24, 2.45) is 0 Å². The van der Waals surface area contributed by atoms with E-state index >= 15 is 0 Å². The van der Waals surface area contributed by atoms with Crippen LogP contribution < -0.4 is 15.5 Å². The lowest BCUT2D eigenvalue weighted by Crippen LogP contribution is -2.52. The number of anilines is 1. The lowest BCUT2D eigenvalue weighted by atomic mass is 9.96. The van der Waals surface area contributed by atoms with Gasteiger partial charge < -0.3 is 10.2 Å². The fraction of sp³-hybridized carbons (Fsp3) is 0.619. The van der Waals surface area contributed by atoms with Gasteiger partial charge in [0.05, 0.1) is 6.04 Å². The molecule has 3 amide bonds. The van der Waals surface area contributed by atoms with Gasteiger partial charge >= 0.3 is 6.03 Å². The third-order valence-electron chi connectivity index (χ3n) is 5.83. The van der Waals surface area contributed by atoms with E-state index in [0.29, 0.717) is 0 Å². The van der Waals surface area contributed by atoms with E-state index in [1.807, 2.05) is 6.92 Å². The van der Waals surface area contributed by atoms with Gasteiger partial charge in [-0.05, 0) is 50.5 Å². The number of benzene rings is 1. The first-order valence-corrected chi connectivity index (χ1v) is 10.4. The molecule has 1 aromatic carbocycles. The highest BCUT2D eigenvalue weighted by Gasteiger charge is 2.26. The van der Waals surface area contributed by atoms with Gasteiger partial charge in [-0.1, -0.05) is 19.3 Å². The summed E-state index contributed by atoms with van der Waals surface area (Å²) in [6.07, 6.45) is 6.37. The molecular weight excluding hydrogens is 359 g/mol. The van der Waals surface area contributed by atoms with E-state index < -0.39 is 0 Å². The molecule has 1 unspecified atom stereocenters. The van der Waals surface area contributed by atoms with Crippen LogP contribution in [0.2, 0.25) is 0 Å². The standard InChI is InChI=1S/C21H31FN4O2/c1-16(20(27)24-21(28)23-18-6-3-2-4-7-18)25-12-5-13-26(15-14-25)19-10-8-17(22)9-11-19/h8-11,16,18H,2-7,12-15H2,1H3,(H2,23,24,27,28). The molecule has 1 atom stereocenters. The van der Waals surface area contributed by atoms with Gasteiger partial charge in [0, 0.05) is 37.9 Å². The molecule has 1 aliphatic heterocycles. The lowest BCUT2D eigenvalue weighted by Gasteiger charge is -2.28. The Labute approximate surface area is 166 Å². The van der Waals surface area contributed by atoms with Crippen molar-refractivity contribution >= 4 is 17.6 Å². The summed E-state index contributed by atoms with van der Waals surface area (Å²) >= 11 is 0. The van der Waals surface area contributed by atoms with Crippen molar-refractivity contribution in [2.45, 2.75) is 57.5 Å². The highest BCUT2D eigenvalue weighted by molar-refractivity contribution is 5.96. The summed E-state index contributed by atoms with van der Waals surface area (Å²) < 4.78 is 13.1. The van der Waals surface area contributed by atoms with Crippen LogP contribution >= 0.6 is 0 Å². The van der Waals surface area contributed by atoms with Gasteiger partial charge in [0.2, 0.25) is 5.91 Å². The Balaban J connectivity index is 1.48. The number of nitrogens with zero attached hydrogens (tertiary/aromatic N) is 2. The van der Waals surface area contributed by atoms with Crippen molar-refractivity contribution in [1.82, 2.24) is 15.5 Å². The van der Waals surface area contributed by atoms with Crippen molar-refractivity contribution in [3.8, 4) is 0 Å². The number of hydrogen-bond donors (Lipinski definition) is 2. The molecule has 1 saturated heterocycles. The first-order valence-electron chi connectivity index (χ1n) is 10.4. The summed E-state index contributed by atoms with van der Waals surface area (Å²) in [4.78, 5) is 29.0. The van der Waals surface area contributed by atoms with E-state index in [1.165, 1.54) is 18.6 Å². The number of imide groups is 1. The number of carbonyl (C=O) groups excluding carboxylic acids is 2. The predicted molar refractivity (Wildman–Crippen MR) is 108 cm³/mol. The summed E-state index contributed by atoms with van der Waals surface area (Å²) in [5.41, 5.74) is 0.993. The Hall–Kier alpha value is -2.15. The summed E-state index contributed by atoms with van der Waals surface area (Å²) in [7, 11) is 0. The van der Waals surface area contributed by atoms with Gasteiger partial charge in [0.15, 0.2) is 0 Å². The number of urea groups is 1. The molecule has 3 rings (SSSR count). The number of amides is 3. The Morgan fingerprint density at radius 2 is 1.71 bits per heavy atom.